The van der Waals surface area contributed by atoms with Crippen LogP contribution in [-0.2, 0) is 14.3 Å². The fourth-order valence-electron chi connectivity index (χ4n) is 1.85. The molecule has 1 rings (SSSR count). The predicted octanol–water partition coefficient (Wildman–Crippen LogP) is 2.36. The number of nitrogens with one attached hydrogen (secondary N) is 1. The van der Waals surface area contributed by atoms with Gasteiger partial charge in [-0.05, 0) is 44.4 Å². The summed E-state index contributed by atoms with van der Waals surface area (Å²) in [6.45, 7) is 7.91. The molecule has 0 saturated carbocycles. The highest BCUT2D eigenvalue weighted by Crippen LogP contribution is 2.17. The molecule has 1 amide bonds. The second kappa shape index (κ2) is 7.78. The number of carboxylic acid groups (broad SMARTS) is 1. The van der Waals surface area contributed by atoms with Gasteiger partial charge in [-0.3, -0.25) is 4.79 Å². The Morgan fingerprint density at radius 1 is 1.24 bits per heavy atom. The largest absolute Gasteiger partial charge is 0.479 e. The SMILES string of the molecule is Cc1ccc(C(NC(=O)CCOC(C)C)C(=O)O)cc1C. The van der Waals surface area contributed by atoms with Crippen molar-refractivity contribution < 1.29 is 19.4 Å². The summed E-state index contributed by atoms with van der Waals surface area (Å²) in [5.74, 6) is -1.40. The lowest BCUT2D eigenvalue weighted by atomic mass is 10.0. The Balaban J connectivity index is 2.71. The number of hydrogen-bond acceptors (Lipinski definition) is 3. The number of amides is 1. The average Bonchev–Trinajstić information content (AvgIpc) is 2.38. The molecule has 5 heteroatoms. The first-order valence-corrected chi connectivity index (χ1v) is 7.02. The molecular weight excluding hydrogens is 270 g/mol. The van der Waals surface area contributed by atoms with Gasteiger partial charge >= 0.3 is 5.97 Å². The van der Waals surface area contributed by atoms with Gasteiger partial charge in [0, 0.05) is 0 Å². The number of hydrogen-bond donors (Lipinski definition) is 2. The van der Waals surface area contributed by atoms with Crippen LogP contribution in [0.5, 0.6) is 0 Å². The fraction of sp³-hybridized carbons (Fsp3) is 0.500. The van der Waals surface area contributed by atoms with E-state index in [0.29, 0.717) is 5.56 Å². The standard InChI is InChI=1S/C16H23NO4/c1-10(2)21-8-7-14(18)17-15(16(19)20)13-6-5-11(3)12(4)9-13/h5-6,9-10,15H,7-8H2,1-4H3,(H,17,18)(H,19,20). The molecule has 0 aliphatic carbocycles. The zero-order chi connectivity index (χ0) is 16.0. The van der Waals surface area contributed by atoms with E-state index in [4.69, 9.17) is 4.74 Å². The molecule has 1 atom stereocenters. The molecular formula is C16H23NO4. The van der Waals surface area contributed by atoms with Crippen molar-refractivity contribution in [2.75, 3.05) is 6.61 Å². The summed E-state index contributed by atoms with van der Waals surface area (Å²) in [7, 11) is 0. The second-order valence-corrected chi connectivity index (χ2v) is 5.35. The normalized spacial score (nSPS) is 12.2. The van der Waals surface area contributed by atoms with Gasteiger partial charge in [-0.25, -0.2) is 4.79 Å². The summed E-state index contributed by atoms with van der Waals surface area (Å²) in [5, 5.41) is 11.8. The van der Waals surface area contributed by atoms with Crippen LogP contribution in [0, 0.1) is 13.8 Å². The van der Waals surface area contributed by atoms with Gasteiger partial charge in [-0.2, -0.15) is 0 Å². The van der Waals surface area contributed by atoms with Crippen LogP contribution in [0.1, 0.15) is 43.0 Å². The maximum Gasteiger partial charge on any atom is 0.330 e. The van der Waals surface area contributed by atoms with Crippen LogP contribution < -0.4 is 5.32 Å². The summed E-state index contributed by atoms with van der Waals surface area (Å²) >= 11 is 0. The molecule has 1 aromatic rings. The van der Waals surface area contributed by atoms with Gasteiger partial charge in [-0.1, -0.05) is 18.2 Å². The molecule has 0 saturated heterocycles. The Bertz CT molecular complexity index is 511. The Morgan fingerprint density at radius 3 is 2.43 bits per heavy atom. The van der Waals surface area contributed by atoms with E-state index in [-0.39, 0.29) is 25.0 Å². The summed E-state index contributed by atoms with van der Waals surface area (Å²) in [6, 6.07) is 4.34. The van der Waals surface area contributed by atoms with E-state index in [0.717, 1.165) is 11.1 Å². The monoisotopic (exact) mass is 293 g/mol. The maximum atomic E-state index is 11.8. The van der Waals surface area contributed by atoms with Crippen molar-refractivity contribution >= 4 is 11.9 Å². The minimum Gasteiger partial charge on any atom is -0.479 e. The van der Waals surface area contributed by atoms with Gasteiger partial charge in [0.2, 0.25) is 5.91 Å². The minimum atomic E-state index is -1.07. The van der Waals surface area contributed by atoms with Crippen LogP contribution in [0.2, 0.25) is 0 Å². The molecule has 2 N–H and O–H groups in total. The molecule has 0 heterocycles. The zero-order valence-corrected chi connectivity index (χ0v) is 13.0. The lowest BCUT2D eigenvalue weighted by Gasteiger charge is -2.16. The first-order chi connectivity index (χ1) is 9.81. The molecule has 116 valence electrons. The van der Waals surface area contributed by atoms with E-state index in [1.54, 1.807) is 12.1 Å². The third kappa shape index (κ3) is 5.55. The third-order valence-electron chi connectivity index (χ3n) is 3.20. The Kier molecular flexibility index (Phi) is 6.37. The molecule has 0 bridgehead atoms. The second-order valence-electron chi connectivity index (χ2n) is 5.35. The number of aliphatic carboxylic acids is 1. The van der Waals surface area contributed by atoms with Crippen LogP contribution in [0.25, 0.3) is 0 Å². The molecule has 1 aromatic carbocycles. The van der Waals surface area contributed by atoms with Gasteiger partial charge in [0.15, 0.2) is 6.04 Å². The lowest BCUT2D eigenvalue weighted by Crippen LogP contribution is -2.34. The van der Waals surface area contributed by atoms with E-state index in [9.17, 15) is 14.7 Å². The molecule has 0 fully saturated rings. The summed E-state index contributed by atoms with van der Waals surface area (Å²) in [4.78, 5) is 23.2. The maximum absolute atomic E-state index is 11.8. The smallest absolute Gasteiger partial charge is 0.330 e. The summed E-state index contributed by atoms with van der Waals surface area (Å²) in [5.41, 5.74) is 2.65. The van der Waals surface area contributed by atoms with Crippen molar-refractivity contribution in [2.24, 2.45) is 0 Å². The van der Waals surface area contributed by atoms with Crippen LogP contribution in [0.4, 0.5) is 0 Å². The number of rotatable bonds is 7. The zero-order valence-electron chi connectivity index (χ0n) is 13.0. The van der Waals surface area contributed by atoms with E-state index in [1.807, 2.05) is 33.8 Å². The van der Waals surface area contributed by atoms with Crippen molar-refractivity contribution in [1.82, 2.24) is 5.32 Å². The molecule has 0 spiro atoms. The Morgan fingerprint density at radius 2 is 1.90 bits per heavy atom. The Hall–Kier alpha value is -1.88. The van der Waals surface area contributed by atoms with Gasteiger partial charge in [0.05, 0.1) is 19.1 Å². The van der Waals surface area contributed by atoms with Crippen LogP contribution in [-0.4, -0.2) is 29.7 Å². The first kappa shape index (κ1) is 17.2. The minimum absolute atomic E-state index is 0.0489. The van der Waals surface area contributed by atoms with E-state index >= 15 is 0 Å². The molecule has 0 radical (unpaired) electrons. The molecule has 0 aromatic heterocycles. The summed E-state index contributed by atoms with van der Waals surface area (Å²) < 4.78 is 5.29. The molecule has 5 nitrogen and oxygen atoms in total. The Labute approximate surface area is 125 Å². The van der Waals surface area contributed by atoms with Crippen molar-refractivity contribution in [2.45, 2.75) is 46.3 Å². The average molecular weight is 293 g/mol. The predicted molar refractivity (Wildman–Crippen MR) is 80.1 cm³/mol. The molecule has 0 aliphatic heterocycles. The van der Waals surface area contributed by atoms with Crippen LogP contribution >= 0.6 is 0 Å². The van der Waals surface area contributed by atoms with Gasteiger partial charge in [-0.15, -0.1) is 0 Å². The van der Waals surface area contributed by atoms with Crippen LogP contribution in [0.3, 0.4) is 0 Å². The van der Waals surface area contributed by atoms with Crippen molar-refractivity contribution in [3.63, 3.8) is 0 Å². The third-order valence-corrected chi connectivity index (χ3v) is 3.20. The number of aryl methyl sites for hydroxylation is 2. The van der Waals surface area contributed by atoms with Crippen molar-refractivity contribution in [3.8, 4) is 0 Å². The quantitative estimate of drug-likeness (QED) is 0.809. The van der Waals surface area contributed by atoms with Crippen molar-refractivity contribution in [1.29, 1.82) is 0 Å². The van der Waals surface area contributed by atoms with E-state index in [2.05, 4.69) is 5.32 Å². The van der Waals surface area contributed by atoms with E-state index in [1.165, 1.54) is 0 Å². The number of ether oxygens (including phenoxy) is 1. The van der Waals surface area contributed by atoms with Crippen LogP contribution in [0.15, 0.2) is 18.2 Å². The highest BCUT2D eigenvalue weighted by atomic mass is 16.5. The van der Waals surface area contributed by atoms with E-state index < -0.39 is 12.0 Å². The summed E-state index contributed by atoms with van der Waals surface area (Å²) in [6.07, 6.45) is 0.195. The number of carboxylic acids is 1. The van der Waals surface area contributed by atoms with Gasteiger partial charge < -0.3 is 15.2 Å². The van der Waals surface area contributed by atoms with Crippen molar-refractivity contribution in [3.05, 3.63) is 34.9 Å². The highest BCUT2D eigenvalue weighted by Gasteiger charge is 2.22. The van der Waals surface area contributed by atoms with Gasteiger partial charge in [0.25, 0.3) is 0 Å². The first-order valence-electron chi connectivity index (χ1n) is 7.02. The highest BCUT2D eigenvalue weighted by molar-refractivity contribution is 5.84. The molecule has 0 aliphatic rings. The lowest BCUT2D eigenvalue weighted by molar-refractivity contribution is -0.142. The molecule has 21 heavy (non-hydrogen) atoms. The number of carbonyl (C=O) groups is 2. The number of benzene rings is 1. The number of carbonyl (C=O) groups excluding carboxylic acids is 1. The molecule has 1 unspecified atom stereocenters. The topological polar surface area (TPSA) is 75.6 Å². The van der Waals surface area contributed by atoms with Gasteiger partial charge in [0.1, 0.15) is 0 Å². The fourth-order valence-corrected chi connectivity index (χ4v) is 1.85.